The molecule has 28 heavy (non-hydrogen) atoms. The van der Waals surface area contributed by atoms with Gasteiger partial charge in [0.25, 0.3) is 11.9 Å². The van der Waals surface area contributed by atoms with Gasteiger partial charge < -0.3 is 20.2 Å². The first-order valence-electron chi connectivity index (χ1n) is 8.62. The second-order valence-electron chi connectivity index (χ2n) is 7.00. The lowest BCUT2D eigenvalue weighted by Gasteiger charge is -2.37. The zero-order valence-corrected chi connectivity index (χ0v) is 14.8. The summed E-state index contributed by atoms with van der Waals surface area (Å²) in [6.45, 7) is 0.0355. The average Bonchev–Trinajstić information content (AvgIpc) is 3.36. The number of rotatable bonds is 4. The molecule has 0 saturated heterocycles. The van der Waals surface area contributed by atoms with E-state index >= 15 is 0 Å². The number of benzene rings is 1. The lowest BCUT2D eigenvalue weighted by Crippen LogP contribution is -2.51. The number of nitrogens with one attached hydrogen (secondary N) is 1. The molecule has 10 heteroatoms. The maximum absolute atomic E-state index is 14.5. The van der Waals surface area contributed by atoms with Gasteiger partial charge >= 0.3 is 5.92 Å². The molecule has 7 nitrogen and oxygen atoms in total. The first-order valence-corrected chi connectivity index (χ1v) is 8.62. The molecule has 0 spiro atoms. The fourth-order valence-electron chi connectivity index (χ4n) is 3.12. The van der Waals surface area contributed by atoms with Gasteiger partial charge in [-0.15, -0.1) is 0 Å². The van der Waals surface area contributed by atoms with Crippen molar-refractivity contribution < 1.29 is 27.1 Å². The van der Waals surface area contributed by atoms with Crippen LogP contribution in [0.5, 0.6) is 0 Å². The molecule has 1 aliphatic heterocycles. The third kappa shape index (κ3) is 2.98. The SMILES string of the molecule is CC1(c2cc(NC(=O)c3ncoc3C3CC3)ccc2F)N=C(N)OCC1(F)F. The monoisotopic (exact) mass is 394 g/mol. The summed E-state index contributed by atoms with van der Waals surface area (Å²) in [7, 11) is 0. The van der Waals surface area contributed by atoms with Crippen molar-refractivity contribution in [2.24, 2.45) is 10.7 Å². The number of carbonyl (C=O) groups is 1. The third-order valence-electron chi connectivity index (χ3n) is 4.95. The smallest absolute Gasteiger partial charge is 0.310 e. The molecule has 0 bridgehead atoms. The van der Waals surface area contributed by atoms with Gasteiger partial charge in [0, 0.05) is 17.2 Å². The minimum Gasteiger partial charge on any atom is -0.459 e. The molecule has 1 aromatic heterocycles. The number of hydrogen-bond acceptors (Lipinski definition) is 6. The van der Waals surface area contributed by atoms with E-state index < -0.39 is 41.4 Å². The second kappa shape index (κ2) is 6.25. The normalized spacial score (nSPS) is 23.6. The molecule has 1 amide bonds. The molecule has 1 aromatic carbocycles. The van der Waals surface area contributed by atoms with Crippen LogP contribution in [0.25, 0.3) is 0 Å². The van der Waals surface area contributed by atoms with Crippen LogP contribution in [0.15, 0.2) is 34.0 Å². The maximum atomic E-state index is 14.5. The molecule has 1 aliphatic carbocycles. The highest BCUT2D eigenvalue weighted by molar-refractivity contribution is 6.03. The van der Waals surface area contributed by atoms with Crippen LogP contribution in [0.2, 0.25) is 0 Å². The van der Waals surface area contributed by atoms with E-state index in [0.717, 1.165) is 31.9 Å². The Morgan fingerprint density at radius 3 is 2.82 bits per heavy atom. The summed E-state index contributed by atoms with van der Waals surface area (Å²) in [4.78, 5) is 20.1. The van der Waals surface area contributed by atoms with Crippen molar-refractivity contribution in [3.05, 3.63) is 47.4 Å². The molecule has 1 atom stereocenters. The van der Waals surface area contributed by atoms with Gasteiger partial charge in [-0.05, 0) is 38.0 Å². The van der Waals surface area contributed by atoms with Crippen molar-refractivity contribution in [2.45, 2.75) is 37.1 Å². The highest BCUT2D eigenvalue weighted by atomic mass is 19.3. The van der Waals surface area contributed by atoms with Crippen LogP contribution in [0.1, 0.15) is 47.5 Å². The number of carbonyl (C=O) groups excluding carboxylic acids is 1. The van der Waals surface area contributed by atoms with Crippen molar-refractivity contribution in [1.29, 1.82) is 0 Å². The number of amidine groups is 1. The molecule has 2 heterocycles. The lowest BCUT2D eigenvalue weighted by molar-refractivity contribution is -0.117. The Hall–Kier alpha value is -3.04. The molecular weight excluding hydrogens is 377 g/mol. The summed E-state index contributed by atoms with van der Waals surface area (Å²) in [6.07, 6.45) is 3.00. The number of aliphatic imine (C=N–C) groups is 1. The van der Waals surface area contributed by atoms with Gasteiger partial charge in [-0.1, -0.05) is 0 Å². The number of alkyl halides is 2. The fourth-order valence-corrected chi connectivity index (χ4v) is 3.12. The Bertz CT molecular complexity index is 971. The van der Waals surface area contributed by atoms with E-state index in [0.29, 0.717) is 5.76 Å². The van der Waals surface area contributed by atoms with Crippen molar-refractivity contribution in [3.8, 4) is 0 Å². The molecule has 2 aromatic rings. The number of ether oxygens (including phenoxy) is 1. The molecule has 1 saturated carbocycles. The van der Waals surface area contributed by atoms with Crippen LogP contribution < -0.4 is 11.1 Å². The van der Waals surface area contributed by atoms with Crippen molar-refractivity contribution in [1.82, 2.24) is 4.98 Å². The van der Waals surface area contributed by atoms with Gasteiger partial charge in [0.05, 0.1) is 0 Å². The van der Waals surface area contributed by atoms with Gasteiger partial charge in [0.15, 0.2) is 24.2 Å². The predicted octanol–water partition coefficient (Wildman–Crippen LogP) is 3.14. The quantitative estimate of drug-likeness (QED) is 0.829. The standard InChI is InChI=1S/C18H17F3N4O3/c1-17(18(20,21)7-27-16(22)25-17)11-6-10(4-5-12(11)19)24-15(26)13-14(9-2-3-9)28-8-23-13/h4-6,8-9H,2-3,7H2,1H3,(H2,22,25)(H,24,26). The van der Waals surface area contributed by atoms with Crippen molar-refractivity contribution in [2.75, 3.05) is 11.9 Å². The van der Waals surface area contributed by atoms with Crippen LogP contribution in [0.4, 0.5) is 18.9 Å². The van der Waals surface area contributed by atoms with Gasteiger partial charge in [-0.3, -0.25) is 4.79 Å². The van der Waals surface area contributed by atoms with E-state index in [4.69, 9.17) is 10.2 Å². The largest absolute Gasteiger partial charge is 0.459 e. The zero-order chi connectivity index (χ0) is 20.1. The van der Waals surface area contributed by atoms with Gasteiger partial charge in [-0.25, -0.2) is 14.4 Å². The summed E-state index contributed by atoms with van der Waals surface area (Å²) in [5.41, 5.74) is 2.98. The number of anilines is 1. The average molecular weight is 394 g/mol. The molecule has 1 fully saturated rings. The Morgan fingerprint density at radius 1 is 1.36 bits per heavy atom. The number of oxazole rings is 1. The summed E-state index contributed by atoms with van der Waals surface area (Å²) >= 11 is 0. The van der Waals surface area contributed by atoms with Crippen LogP contribution in [0, 0.1) is 5.82 Å². The summed E-state index contributed by atoms with van der Waals surface area (Å²) < 4.78 is 53.3. The second-order valence-corrected chi connectivity index (χ2v) is 7.00. The Labute approximate surface area is 157 Å². The van der Waals surface area contributed by atoms with Crippen molar-refractivity contribution in [3.63, 3.8) is 0 Å². The fraction of sp³-hybridized carbons (Fsp3) is 0.389. The van der Waals surface area contributed by atoms with Crippen LogP contribution in [0.3, 0.4) is 0 Å². The van der Waals surface area contributed by atoms with E-state index in [1.54, 1.807) is 0 Å². The maximum Gasteiger partial charge on any atom is 0.310 e. The summed E-state index contributed by atoms with van der Waals surface area (Å²) in [6, 6.07) is 2.90. The minimum atomic E-state index is -3.51. The number of aromatic nitrogens is 1. The Balaban J connectivity index is 1.67. The number of nitrogens with zero attached hydrogens (tertiary/aromatic N) is 2. The first kappa shape index (κ1) is 18.3. The molecule has 0 radical (unpaired) electrons. The topological polar surface area (TPSA) is 103 Å². The van der Waals surface area contributed by atoms with E-state index in [1.807, 2.05) is 0 Å². The molecule has 1 unspecified atom stereocenters. The number of halogens is 3. The molecule has 2 aliphatic rings. The molecular formula is C18H17F3N4O3. The zero-order valence-electron chi connectivity index (χ0n) is 14.8. The van der Waals surface area contributed by atoms with Crippen molar-refractivity contribution >= 4 is 17.6 Å². The van der Waals surface area contributed by atoms with E-state index in [1.165, 1.54) is 12.5 Å². The third-order valence-corrected chi connectivity index (χ3v) is 4.95. The number of hydrogen-bond donors (Lipinski definition) is 2. The van der Waals surface area contributed by atoms with Crippen LogP contribution in [-0.2, 0) is 10.3 Å². The van der Waals surface area contributed by atoms with Gasteiger partial charge in [0.2, 0.25) is 0 Å². The molecule has 148 valence electrons. The van der Waals surface area contributed by atoms with Crippen LogP contribution >= 0.6 is 0 Å². The number of nitrogens with two attached hydrogens (primary N) is 1. The lowest BCUT2D eigenvalue weighted by atomic mass is 9.85. The van der Waals surface area contributed by atoms with Crippen LogP contribution in [-0.4, -0.2) is 29.4 Å². The minimum absolute atomic E-state index is 0.114. The predicted molar refractivity (Wildman–Crippen MR) is 92.7 cm³/mol. The van der Waals surface area contributed by atoms with Gasteiger partial charge in [-0.2, -0.15) is 8.78 Å². The molecule has 3 N–H and O–H groups in total. The van der Waals surface area contributed by atoms with E-state index in [-0.39, 0.29) is 17.3 Å². The summed E-state index contributed by atoms with van der Waals surface area (Å²) in [5.74, 6) is -4.34. The highest BCUT2D eigenvalue weighted by Crippen LogP contribution is 2.45. The number of amides is 1. The van der Waals surface area contributed by atoms with E-state index in [2.05, 4.69) is 20.0 Å². The van der Waals surface area contributed by atoms with Gasteiger partial charge in [0.1, 0.15) is 11.6 Å². The molecule has 4 rings (SSSR count). The Morgan fingerprint density at radius 2 is 2.11 bits per heavy atom. The summed E-state index contributed by atoms with van der Waals surface area (Å²) in [5, 5.41) is 2.55. The first-order chi connectivity index (χ1) is 13.2. The highest BCUT2D eigenvalue weighted by Gasteiger charge is 2.56. The Kier molecular flexibility index (Phi) is 4.09. The van der Waals surface area contributed by atoms with E-state index in [9.17, 15) is 18.0 Å².